The summed E-state index contributed by atoms with van der Waals surface area (Å²) >= 11 is 1.59. The Labute approximate surface area is 125 Å². The quantitative estimate of drug-likeness (QED) is 0.749. The van der Waals surface area contributed by atoms with Gasteiger partial charge in [-0.05, 0) is 46.7 Å². The van der Waals surface area contributed by atoms with Gasteiger partial charge in [0.05, 0.1) is 0 Å². The Morgan fingerprint density at radius 3 is 3.05 bits per heavy atom. The van der Waals surface area contributed by atoms with E-state index in [0.717, 1.165) is 11.1 Å². The minimum absolute atomic E-state index is 0.191. The summed E-state index contributed by atoms with van der Waals surface area (Å²) in [7, 11) is 0. The van der Waals surface area contributed by atoms with E-state index in [1.807, 2.05) is 29.0 Å². The van der Waals surface area contributed by atoms with E-state index in [2.05, 4.69) is 15.5 Å². The van der Waals surface area contributed by atoms with Crippen LogP contribution in [0, 0.1) is 0 Å². The maximum absolute atomic E-state index is 11.9. The largest absolute Gasteiger partial charge is 0.423 e. The average molecular weight is 297 g/mol. The van der Waals surface area contributed by atoms with Crippen molar-refractivity contribution in [3.05, 3.63) is 59.1 Å². The number of nitrogens with one attached hydrogen (secondary N) is 1. The average Bonchev–Trinajstić information content (AvgIpc) is 3.19. The molecule has 0 aliphatic heterocycles. The third kappa shape index (κ3) is 3.43. The molecule has 1 amide bonds. The first-order chi connectivity index (χ1) is 10.3. The van der Waals surface area contributed by atoms with E-state index >= 15 is 0 Å². The van der Waals surface area contributed by atoms with Crippen LogP contribution in [0.4, 0.5) is 5.69 Å². The summed E-state index contributed by atoms with van der Waals surface area (Å²) in [5, 5.41) is 14.2. The SMILES string of the molecule is O=C(/C=C/c1ccsc1)Nc1cccc(-c2nnco2)c1. The summed E-state index contributed by atoms with van der Waals surface area (Å²) in [6.07, 6.45) is 4.54. The lowest BCUT2D eigenvalue weighted by atomic mass is 10.2. The van der Waals surface area contributed by atoms with Crippen LogP contribution in [0.2, 0.25) is 0 Å². The number of aromatic nitrogens is 2. The molecule has 0 saturated heterocycles. The fourth-order valence-corrected chi connectivity index (χ4v) is 2.38. The van der Waals surface area contributed by atoms with Crippen molar-refractivity contribution in [2.24, 2.45) is 0 Å². The van der Waals surface area contributed by atoms with E-state index in [0.29, 0.717) is 11.6 Å². The molecule has 5 nitrogen and oxygen atoms in total. The second-order valence-electron chi connectivity index (χ2n) is 4.20. The molecule has 2 heterocycles. The van der Waals surface area contributed by atoms with Crippen LogP contribution in [0.25, 0.3) is 17.5 Å². The smallest absolute Gasteiger partial charge is 0.248 e. The first kappa shape index (κ1) is 13.3. The lowest BCUT2D eigenvalue weighted by Crippen LogP contribution is -2.07. The van der Waals surface area contributed by atoms with Crippen molar-refractivity contribution in [2.75, 3.05) is 5.32 Å². The van der Waals surface area contributed by atoms with Crippen molar-refractivity contribution in [2.45, 2.75) is 0 Å². The first-order valence-electron chi connectivity index (χ1n) is 6.19. The topological polar surface area (TPSA) is 68.0 Å². The van der Waals surface area contributed by atoms with E-state index in [4.69, 9.17) is 4.42 Å². The summed E-state index contributed by atoms with van der Waals surface area (Å²) in [6, 6.07) is 9.19. The van der Waals surface area contributed by atoms with Crippen LogP contribution in [0.3, 0.4) is 0 Å². The third-order valence-electron chi connectivity index (χ3n) is 2.71. The predicted molar refractivity (Wildman–Crippen MR) is 81.7 cm³/mol. The Bertz CT molecular complexity index is 749. The molecule has 21 heavy (non-hydrogen) atoms. The van der Waals surface area contributed by atoms with Gasteiger partial charge in [0.15, 0.2) is 0 Å². The first-order valence-corrected chi connectivity index (χ1v) is 7.13. The van der Waals surface area contributed by atoms with Gasteiger partial charge in [-0.3, -0.25) is 4.79 Å². The van der Waals surface area contributed by atoms with Crippen molar-refractivity contribution >= 4 is 29.0 Å². The van der Waals surface area contributed by atoms with Crippen LogP contribution in [0.1, 0.15) is 5.56 Å². The monoisotopic (exact) mass is 297 g/mol. The van der Waals surface area contributed by atoms with E-state index in [1.54, 1.807) is 29.5 Å². The molecule has 3 aromatic rings. The number of anilines is 1. The van der Waals surface area contributed by atoms with Gasteiger partial charge in [0, 0.05) is 17.3 Å². The van der Waals surface area contributed by atoms with Crippen molar-refractivity contribution in [1.29, 1.82) is 0 Å². The Balaban J connectivity index is 1.70. The number of thiophene rings is 1. The van der Waals surface area contributed by atoms with Gasteiger partial charge in [-0.1, -0.05) is 6.07 Å². The number of nitrogens with zero attached hydrogens (tertiary/aromatic N) is 2. The fraction of sp³-hybridized carbons (Fsp3) is 0. The highest BCUT2D eigenvalue weighted by Gasteiger charge is 2.05. The number of benzene rings is 1. The molecule has 0 saturated carbocycles. The number of hydrogen-bond acceptors (Lipinski definition) is 5. The molecule has 0 atom stereocenters. The predicted octanol–water partition coefficient (Wildman–Crippen LogP) is 3.45. The van der Waals surface area contributed by atoms with Gasteiger partial charge in [-0.15, -0.1) is 10.2 Å². The van der Waals surface area contributed by atoms with E-state index in [9.17, 15) is 4.79 Å². The van der Waals surface area contributed by atoms with E-state index < -0.39 is 0 Å². The maximum Gasteiger partial charge on any atom is 0.248 e. The van der Waals surface area contributed by atoms with Crippen molar-refractivity contribution in [3.63, 3.8) is 0 Å². The second-order valence-corrected chi connectivity index (χ2v) is 4.98. The highest BCUT2D eigenvalue weighted by Crippen LogP contribution is 2.20. The molecular formula is C15H11N3O2S. The van der Waals surface area contributed by atoms with Crippen LogP contribution in [0.5, 0.6) is 0 Å². The summed E-state index contributed by atoms with van der Waals surface area (Å²) in [5.41, 5.74) is 2.44. The lowest BCUT2D eigenvalue weighted by molar-refractivity contribution is -0.111. The van der Waals surface area contributed by atoms with Gasteiger partial charge in [0.2, 0.25) is 18.2 Å². The zero-order chi connectivity index (χ0) is 14.5. The number of amides is 1. The summed E-state index contributed by atoms with van der Waals surface area (Å²) in [5.74, 6) is 0.226. The third-order valence-corrected chi connectivity index (χ3v) is 3.41. The Morgan fingerprint density at radius 1 is 1.33 bits per heavy atom. The standard InChI is InChI=1S/C15H11N3O2S/c19-14(5-4-11-6-7-21-9-11)17-13-3-1-2-12(8-13)15-18-16-10-20-15/h1-10H,(H,17,19)/b5-4+. The van der Waals surface area contributed by atoms with Gasteiger partial charge < -0.3 is 9.73 Å². The molecule has 104 valence electrons. The summed E-state index contributed by atoms with van der Waals surface area (Å²) < 4.78 is 5.13. The lowest BCUT2D eigenvalue weighted by Gasteiger charge is -2.03. The minimum Gasteiger partial charge on any atom is -0.423 e. The highest BCUT2D eigenvalue weighted by molar-refractivity contribution is 7.08. The van der Waals surface area contributed by atoms with Gasteiger partial charge >= 0.3 is 0 Å². The molecule has 0 aliphatic carbocycles. The number of hydrogen-bond donors (Lipinski definition) is 1. The molecule has 0 spiro atoms. The molecular weight excluding hydrogens is 286 g/mol. The highest BCUT2D eigenvalue weighted by atomic mass is 32.1. The minimum atomic E-state index is -0.191. The Morgan fingerprint density at radius 2 is 2.29 bits per heavy atom. The molecule has 0 radical (unpaired) electrons. The molecule has 0 unspecified atom stereocenters. The van der Waals surface area contributed by atoms with Gasteiger partial charge in [0.25, 0.3) is 0 Å². The second kappa shape index (κ2) is 6.15. The van der Waals surface area contributed by atoms with E-state index in [1.165, 1.54) is 12.5 Å². The summed E-state index contributed by atoms with van der Waals surface area (Å²) in [6.45, 7) is 0. The normalized spacial score (nSPS) is 10.9. The molecule has 0 aliphatic rings. The zero-order valence-corrected chi connectivity index (χ0v) is 11.7. The van der Waals surface area contributed by atoms with Crippen LogP contribution in [-0.2, 0) is 4.79 Å². The molecule has 3 rings (SSSR count). The molecule has 1 aromatic carbocycles. The van der Waals surface area contributed by atoms with Crippen LogP contribution >= 0.6 is 11.3 Å². The van der Waals surface area contributed by atoms with Crippen molar-refractivity contribution in [3.8, 4) is 11.5 Å². The van der Waals surface area contributed by atoms with Crippen LogP contribution in [-0.4, -0.2) is 16.1 Å². The molecule has 0 bridgehead atoms. The van der Waals surface area contributed by atoms with E-state index in [-0.39, 0.29) is 5.91 Å². The van der Waals surface area contributed by atoms with Gasteiger partial charge in [-0.25, -0.2) is 0 Å². The molecule has 1 N–H and O–H groups in total. The summed E-state index contributed by atoms with van der Waals surface area (Å²) in [4.78, 5) is 11.9. The van der Waals surface area contributed by atoms with Crippen LogP contribution < -0.4 is 5.32 Å². The molecule has 2 aromatic heterocycles. The maximum atomic E-state index is 11.9. The number of carbonyl (C=O) groups excluding carboxylic acids is 1. The van der Waals surface area contributed by atoms with Gasteiger partial charge in [-0.2, -0.15) is 11.3 Å². The number of rotatable bonds is 4. The Kier molecular flexibility index (Phi) is 3.88. The Hall–Kier alpha value is -2.73. The van der Waals surface area contributed by atoms with Gasteiger partial charge in [0.1, 0.15) is 0 Å². The van der Waals surface area contributed by atoms with Crippen molar-refractivity contribution in [1.82, 2.24) is 10.2 Å². The zero-order valence-electron chi connectivity index (χ0n) is 10.9. The fourth-order valence-electron chi connectivity index (χ4n) is 1.75. The molecule has 6 heteroatoms. The van der Waals surface area contributed by atoms with Crippen LogP contribution in [0.15, 0.2) is 58.0 Å². The molecule has 0 fully saturated rings. The van der Waals surface area contributed by atoms with Crippen molar-refractivity contribution < 1.29 is 9.21 Å². The number of carbonyl (C=O) groups is 1.